The van der Waals surface area contributed by atoms with Crippen LogP contribution in [0.15, 0.2) is 0 Å². The summed E-state index contributed by atoms with van der Waals surface area (Å²) in [4.78, 5) is 26.0. The number of carbonyl (C=O) groups excluding carboxylic acids is 2. The highest BCUT2D eigenvalue weighted by molar-refractivity contribution is 5.78. The Balaban J connectivity index is 2.57. The van der Waals surface area contributed by atoms with E-state index in [1.165, 1.54) is 0 Å². The third-order valence-electron chi connectivity index (χ3n) is 4.48. The Kier molecular flexibility index (Phi) is 6.67. The molecule has 1 saturated heterocycles. The van der Waals surface area contributed by atoms with Gasteiger partial charge in [-0.15, -0.1) is 0 Å². The Morgan fingerprint density at radius 1 is 1.17 bits per heavy atom. The lowest BCUT2D eigenvalue weighted by Crippen LogP contribution is -2.47. The van der Waals surface area contributed by atoms with Gasteiger partial charge in [0.15, 0.2) is 0 Å². The molecule has 24 heavy (non-hydrogen) atoms. The van der Waals surface area contributed by atoms with Crippen molar-refractivity contribution >= 4 is 12.0 Å². The van der Waals surface area contributed by atoms with Gasteiger partial charge in [-0.05, 0) is 53.9 Å². The van der Waals surface area contributed by atoms with Gasteiger partial charge in [-0.1, -0.05) is 13.8 Å². The predicted octanol–water partition coefficient (Wildman–Crippen LogP) is 3.10. The van der Waals surface area contributed by atoms with Crippen LogP contribution in [0, 0.1) is 0 Å². The van der Waals surface area contributed by atoms with Crippen LogP contribution in [0.4, 0.5) is 4.79 Å². The Bertz CT molecular complexity index is 456. The number of amides is 2. The zero-order valence-corrected chi connectivity index (χ0v) is 16.3. The second-order valence-corrected chi connectivity index (χ2v) is 8.26. The van der Waals surface area contributed by atoms with Gasteiger partial charge in [-0.3, -0.25) is 4.79 Å². The number of hydrogen-bond donors (Lipinski definition) is 1. The van der Waals surface area contributed by atoms with Crippen molar-refractivity contribution in [1.82, 2.24) is 10.2 Å². The Morgan fingerprint density at radius 2 is 1.79 bits per heavy atom. The molecule has 1 fully saturated rings. The molecule has 0 aliphatic carbocycles. The molecule has 0 aromatic heterocycles. The molecule has 0 radical (unpaired) electrons. The molecular weight excluding hydrogens is 308 g/mol. The smallest absolute Gasteiger partial charge is 0.410 e. The van der Waals surface area contributed by atoms with Gasteiger partial charge < -0.3 is 19.7 Å². The van der Waals surface area contributed by atoms with Crippen LogP contribution in [0.5, 0.6) is 0 Å². The normalized spacial score (nSPS) is 21.7. The van der Waals surface area contributed by atoms with Crippen molar-refractivity contribution in [2.45, 2.75) is 84.5 Å². The minimum absolute atomic E-state index is 0.0133. The minimum atomic E-state index is -0.513. The van der Waals surface area contributed by atoms with E-state index in [0.717, 1.165) is 12.8 Å². The maximum absolute atomic E-state index is 12.2. The Morgan fingerprint density at radius 3 is 2.29 bits per heavy atom. The average Bonchev–Trinajstić information content (AvgIpc) is 2.88. The predicted molar refractivity (Wildman–Crippen MR) is 93.9 cm³/mol. The number of ether oxygens (including phenoxy) is 2. The van der Waals surface area contributed by atoms with Gasteiger partial charge in [0.05, 0.1) is 12.1 Å². The SMILES string of the molecule is CCC(C)(C)NC(=O)COC1(CC)CCN(C(=O)OC(C)(C)C)C1. The fourth-order valence-corrected chi connectivity index (χ4v) is 2.56. The van der Waals surface area contributed by atoms with Crippen LogP contribution < -0.4 is 5.32 Å². The maximum atomic E-state index is 12.2. The van der Waals surface area contributed by atoms with Crippen molar-refractivity contribution in [1.29, 1.82) is 0 Å². The second kappa shape index (κ2) is 7.72. The zero-order chi connectivity index (χ0) is 18.6. The molecule has 1 N–H and O–H groups in total. The van der Waals surface area contributed by atoms with E-state index in [0.29, 0.717) is 19.5 Å². The number of nitrogens with one attached hydrogen (secondary N) is 1. The molecule has 1 heterocycles. The van der Waals surface area contributed by atoms with Gasteiger partial charge in [-0.2, -0.15) is 0 Å². The first kappa shape index (κ1) is 20.7. The average molecular weight is 342 g/mol. The molecule has 0 saturated carbocycles. The lowest BCUT2D eigenvalue weighted by atomic mass is 9.99. The molecule has 1 unspecified atom stereocenters. The molecular formula is C18H34N2O4. The standard InChI is InChI=1S/C18H34N2O4/c1-8-17(6,7)19-14(21)12-23-18(9-2)10-11-20(13-18)15(22)24-16(3,4)5/h8-13H2,1-7H3,(H,19,21). The van der Waals surface area contributed by atoms with E-state index < -0.39 is 11.2 Å². The topological polar surface area (TPSA) is 67.9 Å². The third kappa shape index (κ3) is 6.30. The van der Waals surface area contributed by atoms with Crippen LogP contribution in [-0.2, 0) is 14.3 Å². The molecule has 6 nitrogen and oxygen atoms in total. The quantitative estimate of drug-likeness (QED) is 0.805. The Hall–Kier alpha value is -1.30. The van der Waals surface area contributed by atoms with Crippen molar-refractivity contribution in [2.24, 2.45) is 0 Å². The fourth-order valence-electron chi connectivity index (χ4n) is 2.56. The number of nitrogens with zero attached hydrogens (tertiary/aromatic N) is 1. The molecule has 0 aromatic carbocycles. The van der Waals surface area contributed by atoms with E-state index >= 15 is 0 Å². The molecule has 1 atom stereocenters. The van der Waals surface area contributed by atoms with Crippen molar-refractivity contribution in [3.8, 4) is 0 Å². The first-order chi connectivity index (χ1) is 10.9. The Labute approximate surface area is 146 Å². The molecule has 140 valence electrons. The van der Waals surface area contributed by atoms with Crippen LogP contribution >= 0.6 is 0 Å². The van der Waals surface area contributed by atoms with E-state index in [9.17, 15) is 9.59 Å². The van der Waals surface area contributed by atoms with Crippen LogP contribution in [0.25, 0.3) is 0 Å². The number of carbonyl (C=O) groups is 2. The highest BCUT2D eigenvalue weighted by atomic mass is 16.6. The molecule has 0 aromatic rings. The third-order valence-corrected chi connectivity index (χ3v) is 4.48. The van der Waals surface area contributed by atoms with Gasteiger partial charge in [-0.25, -0.2) is 4.79 Å². The van der Waals surface area contributed by atoms with Crippen molar-refractivity contribution in [3.63, 3.8) is 0 Å². The number of likely N-dealkylation sites (tertiary alicyclic amines) is 1. The van der Waals surface area contributed by atoms with Crippen LogP contribution in [-0.4, -0.2) is 53.3 Å². The molecule has 1 rings (SSSR count). The first-order valence-electron chi connectivity index (χ1n) is 8.85. The summed E-state index contributed by atoms with van der Waals surface area (Å²) in [5.41, 5.74) is -1.22. The number of hydrogen-bond acceptors (Lipinski definition) is 4. The molecule has 1 aliphatic heterocycles. The van der Waals surface area contributed by atoms with Gasteiger partial charge in [0, 0.05) is 12.1 Å². The van der Waals surface area contributed by atoms with Crippen LogP contribution in [0.2, 0.25) is 0 Å². The summed E-state index contributed by atoms with van der Waals surface area (Å²) >= 11 is 0. The van der Waals surface area contributed by atoms with E-state index in [-0.39, 0.29) is 24.1 Å². The molecule has 2 amide bonds. The van der Waals surface area contributed by atoms with Gasteiger partial charge >= 0.3 is 6.09 Å². The zero-order valence-electron chi connectivity index (χ0n) is 16.3. The van der Waals surface area contributed by atoms with E-state index in [1.54, 1.807) is 4.90 Å². The number of rotatable bonds is 6. The van der Waals surface area contributed by atoms with Crippen LogP contribution in [0.3, 0.4) is 0 Å². The summed E-state index contributed by atoms with van der Waals surface area (Å²) in [7, 11) is 0. The molecule has 0 bridgehead atoms. The summed E-state index contributed by atoms with van der Waals surface area (Å²) in [6.45, 7) is 14.6. The molecule has 0 spiro atoms. The monoisotopic (exact) mass is 342 g/mol. The highest BCUT2D eigenvalue weighted by Crippen LogP contribution is 2.30. The summed E-state index contributed by atoms with van der Waals surface area (Å²) in [6.07, 6.45) is 1.99. The van der Waals surface area contributed by atoms with Gasteiger partial charge in [0.2, 0.25) is 5.91 Å². The van der Waals surface area contributed by atoms with E-state index in [2.05, 4.69) is 5.32 Å². The van der Waals surface area contributed by atoms with E-state index in [4.69, 9.17) is 9.47 Å². The van der Waals surface area contributed by atoms with Crippen LogP contribution in [0.1, 0.15) is 67.7 Å². The van der Waals surface area contributed by atoms with Crippen molar-refractivity contribution in [2.75, 3.05) is 19.7 Å². The second-order valence-electron chi connectivity index (χ2n) is 8.26. The summed E-state index contributed by atoms with van der Waals surface area (Å²) in [5, 5.41) is 2.97. The van der Waals surface area contributed by atoms with E-state index in [1.807, 2.05) is 48.5 Å². The summed E-state index contributed by atoms with van der Waals surface area (Å²) in [6, 6.07) is 0. The molecule has 6 heteroatoms. The lowest BCUT2D eigenvalue weighted by molar-refractivity contribution is -0.134. The van der Waals surface area contributed by atoms with Crippen molar-refractivity contribution in [3.05, 3.63) is 0 Å². The fraction of sp³-hybridized carbons (Fsp3) is 0.889. The lowest BCUT2D eigenvalue weighted by Gasteiger charge is -2.30. The largest absolute Gasteiger partial charge is 0.444 e. The van der Waals surface area contributed by atoms with Gasteiger partial charge in [0.25, 0.3) is 0 Å². The molecule has 1 aliphatic rings. The minimum Gasteiger partial charge on any atom is -0.444 e. The maximum Gasteiger partial charge on any atom is 0.410 e. The van der Waals surface area contributed by atoms with Gasteiger partial charge in [0.1, 0.15) is 12.2 Å². The van der Waals surface area contributed by atoms with Crippen molar-refractivity contribution < 1.29 is 19.1 Å². The summed E-state index contributed by atoms with van der Waals surface area (Å²) < 4.78 is 11.4. The first-order valence-corrected chi connectivity index (χ1v) is 8.85. The summed E-state index contributed by atoms with van der Waals surface area (Å²) in [5.74, 6) is -0.120. The highest BCUT2D eigenvalue weighted by Gasteiger charge is 2.41.